The second kappa shape index (κ2) is 11.2. The number of rotatable bonds is 8. The molecule has 4 rings (SSSR count). The smallest absolute Gasteiger partial charge is 0.266 e. The summed E-state index contributed by atoms with van der Waals surface area (Å²) >= 11 is 6.53. The first-order chi connectivity index (χ1) is 17.6. The number of amides is 2. The molecular formula is C25H23N5O4S3. The predicted molar refractivity (Wildman–Crippen MR) is 148 cm³/mol. The Kier molecular flexibility index (Phi) is 8.00. The molecule has 1 fully saturated rings. The molecule has 1 saturated heterocycles. The fraction of sp³-hybridized carbons (Fsp3) is 0.160. The van der Waals surface area contributed by atoms with Crippen LogP contribution in [0.1, 0.15) is 23.4 Å². The maximum absolute atomic E-state index is 12.7. The molecule has 1 aromatic heterocycles. The van der Waals surface area contributed by atoms with E-state index in [1.54, 1.807) is 26.0 Å². The van der Waals surface area contributed by atoms with Gasteiger partial charge in [0.2, 0.25) is 11.9 Å². The summed E-state index contributed by atoms with van der Waals surface area (Å²) in [6, 6.07) is 16.9. The molecule has 3 aromatic rings. The fourth-order valence-electron chi connectivity index (χ4n) is 3.50. The summed E-state index contributed by atoms with van der Waals surface area (Å²) < 4.78 is 28.1. The van der Waals surface area contributed by atoms with Crippen molar-refractivity contribution in [1.82, 2.24) is 14.9 Å². The minimum atomic E-state index is -3.91. The van der Waals surface area contributed by atoms with Crippen molar-refractivity contribution < 1.29 is 18.0 Å². The SMILES string of the molecule is Cc1cc(C)nc(NS(=O)(=O)c2ccc(NC(=O)CCN3C(=O)/C(=C/c4ccccc4)SC3=S)cc2)n1. The molecule has 37 heavy (non-hydrogen) atoms. The van der Waals surface area contributed by atoms with E-state index in [1.807, 2.05) is 30.3 Å². The maximum atomic E-state index is 12.7. The van der Waals surface area contributed by atoms with Gasteiger partial charge >= 0.3 is 0 Å². The number of aryl methyl sites for hydroxylation is 2. The first-order valence-electron chi connectivity index (χ1n) is 11.2. The average molecular weight is 554 g/mol. The molecule has 0 aliphatic carbocycles. The minimum Gasteiger partial charge on any atom is -0.326 e. The van der Waals surface area contributed by atoms with Gasteiger partial charge in [-0.25, -0.2) is 23.1 Å². The molecule has 9 nitrogen and oxygen atoms in total. The van der Waals surface area contributed by atoms with Gasteiger partial charge in [-0.05, 0) is 55.8 Å². The van der Waals surface area contributed by atoms with Crippen LogP contribution in [0.25, 0.3) is 6.08 Å². The van der Waals surface area contributed by atoms with Crippen LogP contribution in [0.4, 0.5) is 11.6 Å². The molecule has 0 spiro atoms. The van der Waals surface area contributed by atoms with Crippen LogP contribution in [0.3, 0.4) is 0 Å². The third-order valence-corrected chi connectivity index (χ3v) is 7.91. The quantitative estimate of drug-likeness (QED) is 0.316. The van der Waals surface area contributed by atoms with Crippen LogP contribution in [0.2, 0.25) is 0 Å². The zero-order valence-electron chi connectivity index (χ0n) is 20.0. The van der Waals surface area contributed by atoms with E-state index in [2.05, 4.69) is 20.0 Å². The average Bonchev–Trinajstić information content (AvgIpc) is 3.09. The third kappa shape index (κ3) is 6.79. The topological polar surface area (TPSA) is 121 Å². The summed E-state index contributed by atoms with van der Waals surface area (Å²) in [5.74, 6) is -0.579. The van der Waals surface area contributed by atoms with E-state index in [-0.39, 0.29) is 35.6 Å². The van der Waals surface area contributed by atoms with Crippen molar-refractivity contribution >= 4 is 67.8 Å². The van der Waals surface area contributed by atoms with Gasteiger partial charge in [0, 0.05) is 30.0 Å². The van der Waals surface area contributed by atoms with Crippen LogP contribution in [0.5, 0.6) is 0 Å². The lowest BCUT2D eigenvalue weighted by molar-refractivity contribution is -0.122. The van der Waals surface area contributed by atoms with E-state index in [4.69, 9.17) is 12.2 Å². The highest BCUT2D eigenvalue weighted by atomic mass is 32.2. The van der Waals surface area contributed by atoms with Crippen molar-refractivity contribution in [3.8, 4) is 0 Å². The number of sulfonamides is 1. The summed E-state index contributed by atoms with van der Waals surface area (Å²) in [4.78, 5) is 35.3. The third-order valence-electron chi connectivity index (χ3n) is 5.19. The second-order valence-electron chi connectivity index (χ2n) is 8.15. The summed E-state index contributed by atoms with van der Waals surface area (Å²) in [6.45, 7) is 3.63. The first kappa shape index (κ1) is 26.5. The summed E-state index contributed by atoms with van der Waals surface area (Å²) in [7, 11) is -3.91. The van der Waals surface area contributed by atoms with Gasteiger partial charge in [-0.2, -0.15) is 0 Å². The summed E-state index contributed by atoms with van der Waals surface area (Å²) in [5.41, 5.74) is 2.59. The molecule has 0 radical (unpaired) electrons. The lowest BCUT2D eigenvalue weighted by Crippen LogP contribution is -2.31. The van der Waals surface area contributed by atoms with Gasteiger partial charge in [-0.1, -0.05) is 54.3 Å². The number of carbonyl (C=O) groups is 2. The van der Waals surface area contributed by atoms with Crippen LogP contribution >= 0.6 is 24.0 Å². The van der Waals surface area contributed by atoms with Gasteiger partial charge in [0.05, 0.1) is 9.80 Å². The van der Waals surface area contributed by atoms with Crippen LogP contribution in [-0.2, 0) is 19.6 Å². The van der Waals surface area contributed by atoms with Gasteiger partial charge in [0.25, 0.3) is 15.9 Å². The van der Waals surface area contributed by atoms with Crippen molar-refractivity contribution in [1.29, 1.82) is 0 Å². The molecule has 0 unspecified atom stereocenters. The summed E-state index contributed by atoms with van der Waals surface area (Å²) in [5, 5.41) is 2.71. The molecule has 2 amide bonds. The highest BCUT2D eigenvalue weighted by Gasteiger charge is 2.32. The molecule has 2 heterocycles. The van der Waals surface area contributed by atoms with E-state index in [0.29, 0.717) is 26.3 Å². The van der Waals surface area contributed by atoms with E-state index in [1.165, 1.54) is 40.9 Å². The Hall–Kier alpha value is -3.61. The van der Waals surface area contributed by atoms with E-state index < -0.39 is 10.0 Å². The highest BCUT2D eigenvalue weighted by Crippen LogP contribution is 2.32. The highest BCUT2D eigenvalue weighted by molar-refractivity contribution is 8.26. The number of anilines is 2. The van der Waals surface area contributed by atoms with Crippen molar-refractivity contribution in [3.05, 3.63) is 82.5 Å². The van der Waals surface area contributed by atoms with E-state index in [9.17, 15) is 18.0 Å². The predicted octanol–water partition coefficient (Wildman–Crippen LogP) is 4.12. The number of carbonyl (C=O) groups excluding carboxylic acids is 2. The van der Waals surface area contributed by atoms with Crippen LogP contribution in [-0.4, -0.2) is 46.0 Å². The van der Waals surface area contributed by atoms with Gasteiger partial charge in [0.15, 0.2) is 0 Å². The largest absolute Gasteiger partial charge is 0.326 e. The molecule has 190 valence electrons. The molecular weight excluding hydrogens is 531 g/mol. The Bertz CT molecular complexity index is 1470. The fourth-order valence-corrected chi connectivity index (χ4v) is 5.75. The number of aromatic nitrogens is 2. The number of nitrogens with one attached hydrogen (secondary N) is 2. The van der Waals surface area contributed by atoms with Gasteiger partial charge < -0.3 is 5.32 Å². The Morgan fingerprint density at radius 3 is 2.35 bits per heavy atom. The Morgan fingerprint density at radius 2 is 1.70 bits per heavy atom. The Labute approximate surface area is 224 Å². The van der Waals surface area contributed by atoms with Gasteiger partial charge in [-0.3, -0.25) is 14.5 Å². The Balaban J connectivity index is 1.33. The van der Waals surface area contributed by atoms with Crippen LogP contribution < -0.4 is 10.0 Å². The normalized spacial score (nSPS) is 14.8. The zero-order valence-corrected chi connectivity index (χ0v) is 22.4. The second-order valence-corrected chi connectivity index (χ2v) is 11.5. The van der Waals surface area contributed by atoms with Crippen LogP contribution in [0.15, 0.2) is 70.5 Å². The Morgan fingerprint density at radius 1 is 1.05 bits per heavy atom. The minimum absolute atomic E-state index is 0.00368. The molecule has 0 atom stereocenters. The zero-order chi connectivity index (χ0) is 26.6. The molecule has 1 aliphatic rings. The standard InChI is InChI=1S/C25H23N5O4S3/c1-16-14-17(2)27-24(26-16)29-37(33,34)20-10-8-19(9-11-20)28-22(31)12-13-30-23(32)21(36-25(30)35)15-18-6-4-3-5-7-18/h3-11,14-15H,12-13H2,1-2H3,(H,28,31)(H,26,27,29)/b21-15-. The molecule has 0 saturated carbocycles. The monoisotopic (exact) mass is 553 g/mol. The van der Waals surface area contributed by atoms with E-state index >= 15 is 0 Å². The number of thioether (sulfide) groups is 1. The van der Waals surface area contributed by atoms with Crippen molar-refractivity contribution in [2.24, 2.45) is 0 Å². The van der Waals surface area contributed by atoms with Gasteiger partial charge in [0.1, 0.15) is 4.32 Å². The number of thiocarbonyl (C=S) groups is 1. The van der Waals surface area contributed by atoms with E-state index in [0.717, 1.165) is 5.56 Å². The maximum Gasteiger partial charge on any atom is 0.266 e. The van der Waals surface area contributed by atoms with Crippen molar-refractivity contribution in [2.75, 3.05) is 16.6 Å². The van der Waals surface area contributed by atoms with Gasteiger partial charge in [-0.15, -0.1) is 0 Å². The number of hydrogen-bond acceptors (Lipinski definition) is 8. The molecule has 12 heteroatoms. The number of benzene rings is 2. The molecule has 1 aliphatic heterocycles. The van der Waals surface area contributed by atoms with Crippen LogP contribution in [0, 0.1) is 13.8 Å². The molecule has 2 N–H and O–H groups in total. The molecule has 0 bridgehead atoms. The number of hydrogen-bond donors (Lipinski definition) is 2. The lowest BCUT2D eigenvalue weighted by atomic mass is 10.2. The number of nitrogens with zero attached hydrogens (tertiary/aromatic N) is 3. The van der Waals surface area contributed by atoms with Crippen molar-refractivity contribution in [3.63, 3.8) is 0 Å². The summed E-state index contributed by atoms with van der Waals surface area (Å²) in [6.07, 6.45) is 1.80. The van der Waals surface area contributed by atoms with Crippen molar-refractivity contribution in [2.45, 2.75) is 25.2 Å². The lowest BCUT2D eigenvalue weighted by Gasteiger charge is -2.14. The first-order valence-corrected chi connectivity index (χ1v) is 13.9. The molecule has 2 aromatic carbocycles.